The van der Waals surface area contributed by atoms with E-state index in [4.69, 9.17) is 0 Å². The van der Waals surface area contributed by atoms with Crippen molar-refractivity contribution in [3.05, 3.63) is 65.6 Å². The molecule has 3 aromatic heterocycles. The number of aryl methyl sites for hydroxylation is 1. The molecule has 0 spiro atoms. The van der Waals surface area contributed by atoms with E-state index in [0.29, 0.717) is 24.7 Å². The quantitative estimate of drug-likeness (QED) is 0.560. The third kappa shape index (κ3) is 2.84. The summed E-state index contributed by atoms with van der Waals surface area (Å²) in [6.45, 7) is 5.18. The summed E-state index contributed by atoms with van der Waals surface area (Å²) >= 11 is 0. The Kier molecular flexibility index (Phi) is 4.09. The molecule has 0 bridgehead atoms. The van der Waals surface area contributed by atoms with E-state index in [0.717, 1.165) is 41.2 Å². The summed E-state index contributed by atoms with van der Waals surface area (Å²) in [4.78, 5) is 13.0. The smallest absolute Gasteiger partial charge is 0.268 e. The zero-order valence-corrected chi connectivity index (χ0v) is 15.7. The number of benzene rings is 1. The van der Waals surface area contributed by atoms with Gasteiger partial charge in [-0.25, -0.2) is 0 Å². The van der Waals surface area contributed by atoms with Crippen LogP contribution >= 0.6 is 0 Å². The maximum absolute atomic E-state index is 13.0. The fourth-order valence-electron chi connectivity index (χ4n) is 3.79. The monoisotopic (exact) mass is 374 g/mol. The van der Waals surface area contributed by atoms with Gasteiger partial charge in [-0.1, -0.05) is 30.3 Å². The number of rotatable bonds is 5. The maximum Gasteiger partial charge on any atom is 0.268 e. The van der Waals surface area contributed by atoms with Gasteiger partial charge in [0, 0.05) is 32.1 Å². The molecule has 1 aromatic carbocycles. The molecule has 0 radical (unpaired) electrons. The van der Waals surface area contributed by atoms with Gasteiger partial charge in [-0.15, -0.1) is 10.2 Å². The molecular weight excluding hydrogens is 352 g/mol. The van der Waals surface area contributed by atoms with E-state index in [2.05, 4.69) is 37.5 Å². The molecule has 4 heterocycles. The molecule has 1 aliphatic heterocycles. The minimum atomic E-state index is -0.0436. The van der Waals surface area contributed by atoms with Gasteiger partial charge in [0.25, 0.3) is 5.91 Å². The number of amides is 1. The lowest BCUT2D eigenvalue weighted by Crippen LogP contribution is -2.48. The highest BCUT2D eigenvalue weighted by molar-refractivity contribution is 5.98. The lowest BCUT2D eigenvalue weighted by molar-refractivity contribution is 0.0934. The normalized spacial score (nSPS) is 14.5. The molecule has 0 unspecified atom stereocenters. The van der Waals surface area contributed by atoms with Crippen molar-refractivity contribution >= 4 is 22.6 Å². The first kappa shape index (κ1) is 16.9. The van der Waals surface area contributed by atoms with Crippen LogP contribution in [0, 0.1) is 12.8 Å². The molecule has 1 saturated heterocycles. The summed E-state index contributed by atoms with van der Waals surface area (Å²) in [6, 6.07) is 16.1. The van der Waals surface area contributed by atoms with Gasteiger partial charge in [0.1, 0.15) is 11.5 Å². The first-order valence-electron chi connectivity index (χ1n) is 9.57. The van der Waals surface area contributed by atoms with Gasteiger partial charge in [-0.05, 0) is 30.7 Å². The summed E-state index contributed by atoms with van der Waals surface area (Å²) in [7, 11) is 0. The Morgan fingerprint density at radius 3 is 2.71 bits per heavy atom. The number of carbonyl (C=O) groups excluding carboxylic acids is 1. The summed E-state index contributed by atoms with van der Waals surface area (Å²) in [5.41, 5.74) is 4.54. The van der Waals surface area contributed by atoms with E-state index >= 15 is 0 Å². The lowest BCUT2D eigenvalue weighted by atomic mass is 10.0. The van der Waals surface area contributed by atoms with Crippen molar-refractivity contribution in [2.45, 2.75) is 13.5 Å². The molecule has 7 nitrogen and oxygen atoms in total. The van der Waals surface area contributed by atoms with Gasteiger partial charge >= 0.3 is 0 Å². The van der Waals surface area contributed by atoms with E-state index in [-0.39, 0.29) is 5.91 Å². The van der Waals surface area contributed by atoms with Crippen LogP contribution < -0.4 is 10.6 Å². The van der Waals surface area contributed by atoms with Crippen molar-refractivity contribution < 1.29 is 4.79 Å². The predicted molar refractivity (Wildman–Crippen MR) is 107 cm³/mol. The van der Waals surface area contributed by atoms with E-state index in [9.17, 15) is 4.79 Å². The van der Waals surface area contributed by atoms with E-state index in [1.807, 2.05) is 47.7 Å². The van der Waals surface area contributed by atoms with Crippen LogP contribution in [0.15, 0.2) is 48.5 Å². The van der Waals surface area contributed by atoms with Crippen LogP contribution in [-0.2, 0) is 6.54 Å². The van der Waals surface area contributed by atoms with Gasteiger partial charge in [0.2, 0.25) is 0 Å². The predicted octanol–water partition coefficient (Wildman–Crippen LogP) is 1.99. The Bertz CT molecular complexity index is 1160. The van der Waals surface area contributed by atoms with E-state index < -0.39 is 0 Å². The molecule has 1 amide bonds. The third-order valence-corrected chi connectivity index (χ3v) is 5.43. The largest absolute Gasteiger partial charge is 0.350 e. The molecule has 142 valence electrons. The molecule has 0 atom stereocenters. The van der Waals surface area contributed by atoms with Crippen molar-refractivity contribution in [2.75, 3.05) is 19.6 Å². The molecule has 2 N–H and O–H groups in total. The molecule has 7 heteroatoms. The number of fused-ring (bicyclic) bond motifs is 3. The van der Waals surface area contributed by atoms with Gasteiger partial charge in [-0.3, -0.25) is 9.20 Å². The molecule has 1 fully saturated rings. The Labute approximate surface area is 162 Å². The van der Waals surface area contributed by atoms with Crippen LogP contribution in [-0.4, -0.2) is 44.7 Å². The first-order chi connectivity index (χ1) is 13.7. The zero-order chi connectivity index (χ0) is 19.1. The zero-order valence-electron chi connectivity index (χ0n) is 15.7. The minimum Gasteiger partial charge on any atom is -0.350 e. The number of carbonyl (C=O) groups is 1. The maximum atomic E-state index is 13.0. The Morgan fingerprint density at radius 1 is 1.14 bits per heavy atom. The Hall–Kier alpha value is -3.19. The van der Waals surface area contributed by atoms with E-state index in [1.165, 1.54) is 0 Å². The molecule has 0 saturated carbocycles. The van der Waals surface area contributed by atoms with Gasteiger partial charge in [0.05, 0.1) is 11.0 Å². The van der Waals surface area contributed by atoms with E-state index in [1.54, 1.807) is 0 Å². The first-order valence-corrected chi connectivity index (χ1v) is 9.57. The molecule has 0 aliphatic carbocycles. The Balaban J connectivity index is 1.61. The number of nitrogens with zero attached hydrogens (tertiary/aromatic N) is 4. The second kappa shape index (κ2) is 6.76. The number of hydrogen-bond acceptors (Lipinski definition) is 4. The highest BCUT2D eigenvalue weighted by atomic mass is 16.1. The lowest BCUT2D eigenvalue weighted by Gasteiger charge is -2.27. The Morgan fingerprint density at radius 2 is 1.96 bits per heavy atom. The van der Waals surface area contributed by atoms with Crippen LogP contribution in [0.1, 0.15) is 21.9 Å². The van der Waals surface area contributed by atoms with Gasteiger partial charge in [0.15, 0.2) is 5.65 Å². The average Bonchev–Trinajstić information content (AvgIpc) is 3.22. The highest BCUT2D eigenvalue weighted by Crippen LogP contribution is 2.24. The van der Waals surface area contributed by atoms with Crippen molar-refractivity contribution in [1.82, 2.24) is 29.8 Å². The van der Waals surface area contributed by atoms with Crippen molar-refractivity contribution in [3.63, 3.8) is 0 Å². The third-order valence-electron chi connectivity index (χ3n) is 5.43. The van der Waals surface area contributed by atoms with Gasteiger partial charge in [-0.2, -0.15) is 0 Å². The van der Waals surface area contributed by atoms with Crippen LogP contribution in [0.5, 0.6) is 0 Å². The van der Waals surface area contributed by atoms with Crippen molar-refractivity contribution in [3.8, 4) is 0 Å². The summed E-state index contributed by atoms with van der Waals surface area (Å²) in [5, 5.41) is 14.7. The summed E-state index contributed by atoms with van der Waals surface area (Å²) < 4.78 is 4.08. The molecule has 5 rings (SSSR count). The fourth-order valence-corrected chi connectivity index (χ4v) is 3.79. The number of hydrogen-bond donors (Lipinski definition) is 2. The van der Waals surface area contributed by atoms with Crippen LogP contribution in [0.25, 0.3) is 16.7 Å². The topological polar surface area (TPSA) is 76.2 Å². The number of pyridine rings is 1. The SMILES string of the molecule is Cc1nnc2ccc3c(cc(C(=O)NCC4CNC4)n3Cc3ccccc3)n12. The molecule has 28 heavy (non-hydrogen) atoms. The fraction of sp³-hybridized carbons (Fsp3) is 0.286. The van der Waals surface area contributed by atoms with Crippen LogP contribution in [0.3, 0.4) is 0 Å². The second-order valence-corrected chi connectivity index (χ2v) is 7.38. The van der Waals surface area contributed by atoms with Crippen LogP contribution in [0.4, 0.5) is 0 Å². The average molecular weight is 374 g/mol. The molecular formula is C21H22N6O. The van der Waals surface area contributed by atoms with Crippen molar-refractivity contribution in [2.24, 2.45) is 5.92 Å². The highest BCUT2D eigenvalue weighted by Gasteiger charge is 2.21. The second-order valence-electron chi connectivity index (χ2n) is 7.38. The summed E-state index contributed by atoms with van der Waals surface area (Å²) in [6.07, 6.45) is 0. The molecule has 1 aliphatic rings. The number of aromatic nitrogens is 4. The standard InChI is InChI=1S/C21H22N6O/c1-14-24-25-20-8-7-17-18(27(14)20)9-19(21(28)23-12-16-10-22-11-16)26(17)13-15-5-3-2-4-6-15/h2-9,16,22H,10-13H2,1H3,(H,23,28). The molecule has 4 aromatic rings. The number of nitrogens with one attached hydrogen (secondary N) is 2. The summed E-state index contributed by atoms with van der Waals surface area (Å²) in [5.74, 6) is 1.28. The minimum absolute atomic E-state index is 0.0436. The van der Waals surface area contributed by atoms with Crippen LogP contribution in [0.2, 0.25) is 0 Å². The van der Waals surface area contributed by atoms with Gasteiger partial charge < -0.3 is 15.2 Å². The van der Waals surface area contributed by atoms with Crippen molar-refractivity contribution in [1.29, 1.82) is 0 Å².